The quantitative estimate of drug-likeness (QED) is 0.597. The van der Waals surface area contributed by atoms with Crippen molar-refractivity contribution in [3.05, 3.63) is 29.8 Å². The van der Waals surface area contributed by atoms with E-state index in [0.29, 0.717) is 0 Å². The lowest BCUT2D eigenvalue weighted by Gasteiger charge is -2.21. The highest BCUT2D eigenvalue weighted by atomic mass is 28.3. The van der Waals surface area contributed by atoms with Gasteiger partial charge in [0.25, 0.3) is 0 Å². The Morgan fingerprint density at radius 1 is 1.00 bits per heavy atom. The number of hydrogen-bond acceptors (Lipinski definition) is 0. The van der Waals surface area contributed by atoms with Crippen molar-refractivity contribution in [3.63, 3.8) is 0 Å². The molecule has 0 unspecified atom stereocenters. The van der Waals surface area contributed by atoms with Crippen LogP contribution in [0, 0.1) is 6.92 Å². The summed E-state index contributed by atoms with van der Waals surface area (Å²) in [5.74, 6) is 0. The van der Waals surface area contributed by atoms with Crippen molar-refractivity contribution in [3.8, 4) is 0 Å². The van der Waals surface area contributed by atoms with Crippen LogP contribution in [0.25, 0.3) is 0 Å². The third-order valence-electron chi connectivity index (χ3n) is 3.23. The fourth-order valence-electron chi connectivity index (χ4n) is 2.46. The van der Waals surface area contributed by atoms with Crippen LogP contribution in [0.2, 0.25) is 12.1 Å². The van der Waals surface area contributed by atoms with Gasteiger partial charge in [-0.1, -0.05) is 66.4 Å². The topological polar surface area (TPSA) is 0 Å². The lowest BCUT2D eigenvalue weighted by atomic mass is 10.2. The molecule has 70 valence electrons. The Kier molecular flexibility index (Phi) is 2.84. The van der Waals surface area contributed by atoms with Crippen molar-refractivity contribution in [2.75, 3.05) is 0 Å². The van der Waals surface area contributed by atoms with Crippen LogP contribution in [0.15, 0.2) is 24.3 Å². The van der Waals surface area contributed by atoms with E-state index in [0.717, 1.165) is 0 Å². The lowest BCUT2D eigenvalue weighted by molar-refractivity contribution is 0.727. The summed E-state index contributed by atoms with van der Waals surface area (Å²) in [6, 6.07) is 12.1. The van der Waals surface area contributed by atoms with Crippen LogP contribution in [0.1, 0.15) is 24.8 Å². The first-order valence-corrected chi connectivity index (χ1v) is 7.64. The maximum absolute atomic E-state index is 2.37. The molecule has 1 aromatic rings. The second-order valence-electron chi connectivity index (χ2n) is 4.19. The fourth-order valence-corrected chi connectivity index (χ4v) is 6.06. The maximum atomic E-state index is 2.37. The van der Waals surface area contributed by atoms with Gasteiger partial charge in [0, 0.05) is 0 Å². The highest BCUT2D eigenvalue weighted by Crippen LogP contribution is 2.19. The van der Waals surface area contributed by atoms with Crippen molar-refractivity contribution >= 4 is 14.0 Å². The average Bonchev–Trinajstić information content (AvgIpc) is 2.20. The molecule has 0 radical (unpaired) electrons. The van der Waals surface area contributed by atoms with Crippen molar-refractivity contribution in [2.45, 2.75) is 38.3 Å². The molecule has 1 aliphatic rings. The van der Waals surface area contributed by atoms with E-state index in [1.807, 2.05) is 0 Å². The monoisotopic (exact) mass is 190 g/mol. The molecule has 0 saturated carbocycles. The van der Waals surface area contributed by atoms with Gasteiger partial charge in [-0.2, -0.15) is 0 Å². The van der Waals surface area contributed by atoms with Crippen LogP contribution in [0.3, 0.4) is 0 Å². The van der Waals surface area contributed by atoms with E-state index in [9.17, 15) is 0 Å². The minimum absolute atomic E-state index is 0.524. The molecule has 0 spiro atoms. The molecule has 1 heteroatoms. The molecule has 1 heterocycles. The molecule has 1 aliphatic heterocycles. The molecule has 1 saturated heterocycles. The van der Waals surface area contributed by atoms with Gasteiger partial charge in [-0.15, -0.1) is 0 Å². The molecule has 0 nitrogen and oxygen atoms in total. The highest BCUT2D eigenvalue weighted by molar-refractivity contribution is 6.73. The van der Waals surface area contributed by atoms with Crippen LogP contribution in [0.4, 0.5) is 0 Å². The van der Waals surface area contributed by atoms with E-state index in [4.69, 9.17) is 0 Å². The SMILES string of the molecule is Cc1ccccc1[SiH]1CCCCC1. The van der Waals surface area contributed by atoms with E-state index in [1.165, 1.54) is 19.3 Å². The van der Waals surface area contributed by atoms with E-state index in [2.05, 4.69) is 31.2 Å². The van der Waals surface area contributed by atoms with Gasteiger partial charge < -0.3 is 0 Å². The van der Waals surface area contributed by atoms with Crippen LogP contribution in [0.5, 0.6) is 0 Å². The Balaban J connectivity index is 2.18. The zero-order chi connectivity index (χ0) is 9.10. The Morgan fingerprint density at radius 2 is 1.69 bits per heavy atom. The largest absolute Gasteiger partial charge is 0.0711 e. The van der Waals surface area contributed by atoms with Gasteiger partial charge in [0.2, 0.25) is 0 Å². The molecule has 0 aromatic heterocycles. The van der Waals surface area contributed by atoms with Gasteiger partial charge >= 0.3 is 0 Å². The van der Waals surface area contributed by atoms with Crippen molar-refractivity contribution < 1.29 is 0 Å². The Bertz CT molecular complexity index is 274. The summed E-state index contributed by atoms with van der Waals surface area (Å²) < 4.78 is 0. The fraction of sp³-hybridized carbons (Fsp3) is 0.500. The molecule has 1 aromatic carbocycles. The molecule has 2 rings (SSSR count). The summed E-state index contributed by atoms with van der Waals surface area (Å²) in [7, 11) is -0.524. The predicted molar refractivity (Wildman–Crippen MR) is 61.4 cm³/mol. The third-order valence-corrected chi connectivity index (χ3v) is 6.97. The predicted octanol–water partition coefficient (Wildman–Crippen LogP) is 2.61. The molecular formula is C12H18Si. The first-order chi connectivity index (χ1) is 6.38. The van der Waals surface area contributed by atoms with E-state index >= 15 is 0 Å². The summed E-state index contributed by atoms with van der Waals surface area (Å²) in [5, 5.41) is 1.74. The molecular weight excluding hydrogens is 172 g/mol. The van der Waals surface area contributed by atoms with Crippen LogP contribution >= 0.6 is 0 Å². The van der Waals surface area contributed by atoms with Gasteiger partial charge in [-0.25, -0.2) is 0 Å². The summed E-state index contributed by atoms with van der Waals surface area (Å²) in [5.41, 5.74) is 1.54. The van der Waals surface area contributed by atoms with E-state index in [1.54, 1.807) is 22.8 Å². The number of benzene rings is 1. The van der Waals surface area contributed by atoms with Crippen molar-refractivity contribution in [2.24, 2.45) is 0 Å². The second-order valence-corrected chi connectivity index (χ2v) is 7.36. The molecule has 0 aliphatic carbocycles. The van der Waals surface area contributed by atoms with Gasteiger partial charge in [-0.05, 0) is 6.92 Å². The van der Waals surface area contributed by atoms with Crippen molar-refractivity contribution in [1.29, 1.82) is 0 Å². The second kappa shape index (κ2) is 4.10. The van der Waals surface area contributed by atoms with Crippen LogP contribution < -0.4 is 5.19 Å². The highest BCUT2D eigenvalue weighted by Gasteiger charge is 2.17. The van der Waals surface area contributed by atoms with Gasteiger partial charge in [0.05, 0.1) is 8.80 Å². The Hall–Kier alpha value is -0.563. The smallest absolute Gasteiger partial charge is 0.0631 e. The van der Waals surface area contributed by atoms with Crippen LogP contribution in [-0.4, -0.2) is 8.80 Å². The average molecular weight is 190 g/mol. The van der Waals surface area contributed by atoms with E-state index < -0.39 is 8.80 Å². The van der Waals surface area contributed by atoms with Gasteiger partial charge in [-0.3, -0.25) is 0 Å². The minimum Gasteiger partial charge on any atom is -0.0631 e. The van der Waals surface area contributed by atoms with Crippen molar-refractivity contribution in [1.82, 2.24) is 0 Å². The molecule has 0 N–H and O–H groups in total. The molecule has 0 amide bonds. The molecule has 0 bridgehead atoms. The zero-order valence-corrected chi connectivity index (χ0v) is 9.58. The summed E-state index contributed by atoms with van der Waals surface area (Å²) in [6.45, 7) is 2.27. The standard InChI is InChI=1S/C12H18Si/c1-11-7-3-4-8-12(11)13-9-5-2-6-10-13/h3-4,7-8,13H,2,5-6,9-10H2,1H3. The number of hydrogen-bond donors (Lipinski definition) is 0. The Morgan fingerprint density at radius 3 is 2.38 bits per heavy atom. The molecule has 0 atom stereocenters. The Labute approximate surface area is 82.6 Å². The lowest BCUT2D eigenvalue weighted by Crippen LogP contribution is -2.33. The maximum Gasteiger partial charge on any atom is 0.0711 e. The third kappa shape index (κ3) is 2.02. The minimum atomic E-state index is -0.524. The molecule has 13 heavy (non-hydrogen) atoms. The van der Waals surface area contributed by atoms with E-state index in [-0.39, 0.29) is 0 Å². The number of aryl methyl sites for hydroxylation is 1. The van der Waals surface area contributed by atoms with Gasteiger partial charge in [0.15, 0.2) is 0 Å². The van der Waals surface area contributed by atoms with Gasteiger partial charge in [0.1, 0.15) is 0 Å². The summed E-state index contributed by atoms with van der Waals surface area (Å²) in [4.78, 5) is 0. The number of rotatable bonds is 1. The summed E-state index contributed by atoms with van der Waals surface area (Å²) >= 11 is 0. The first-order valence-electron chi connectivity index (χ1n) is 5.43. The first kappa shape index (κ1) is 9.01. The molecule has 1 fully saturated rings. The zero-order valence-electron chi connectivity index (χ0n) is 8.42. The summed E-state index contributed by atoms with van der Waals surface area (Å²) in [6.07, 6.45) is 4.46. The van der Waals surface area contributed by atoms with Crippen LogP contribution in [-0.2, 0) is 0 Å². The normalized spacial score (nSPS) is 18.8.